The van der Waals surface area contributed by atoms with Crippen LogP contribution in [0.3, 0.4) is 0 Å². The average molecular weight is 879 g/mol. The lowest BCUT2D eigenvalue weighted by molar-refractivity contribution is -0.142. The number of aromatic nitrogens is 4. The van der Waals surface area contributed by atoms with Crippen LogP contribution in [-0.4, -0.2) is 138 Å². The Balaban J connectivity index is 1.46. The van der Waals surface area contributed by atoms with Gasteiger partial charge >= 0.3 is 5.97 Å². The minimum atomic E-state index is -1.41. The zero-order valence-electron chi connectivity index (χ0n) is 35.4. The van der Waals surface area contributed by atoms with E-state index < -0.39 is 89.6 Å². The van der Waals surface area contributed by atoms with Gasteiger partial charge in [0, 0.05) is 44.7 Å². The van der Waals surface area contributed by atoms with Gasteiger partial charge in [-0.3, -0.25) is 34.2 Å². The van der Waals surface area contributed by atoms with Crippen molar-refractivity contribution in [1.29, 1.82) is 5.41 Å². The van der Waals surface area contributed by atoms with Crippen LogP contribution in [0, 0.1) is 11.3 Å². The highest BCUT2D eigenvalue weighted by atomic mass is 16.4. The predicted octanol–water partition coefficient (Wildman–Crippen LogP) is -2.37. The van der Waals surface area contributed by atoms with Crippen molar-refractivity contribution in [1.82, 2.24) is 56.7 Å². The third-order valence-electron chi connectivity index (χ3n) is 10.4. The Morgan fingerprint density at radius 1 is 0.825 bits per heavy atom. The third kappa shape index (κ3) is 14.8. The van der Waals surface area contributed by atoms with Gasteiger partial charge in [-0.25, -0.2) is 14.8 Å². The van der Waals surface area contributed by atoms with Crippen LogP contribution in [-0.2, 0) is 52.8 Å². The van der Waals surface area contributed by atoms with Crippen molar-refractivity contribution in [3.63, 3.8) is 0 Å². The summed E-state index contributed by atoms with van der Waals surface area (Å²) in [4.78, 5) is 109. The normalized spacial score (nSPS) is 16.4. The number of phenols is 1. The molecule has 4 rings (SSSR count). The van der Waals surface area contributed by atoms with Gasteiger partial charge in [0.05, 0.1) is 30.1 Å². The Kier molecular flexibility index (Phi) is 17.9. The molecule has 2 aromatic heterocycles. The minimum absolute atomic E-state index is 0.0443. The van der Waals surface area contributed by atoms with Crippen LogP contribution in [0.1, 0.15) is 63.4 Å². The van der Waals surface area contributed by atoms with Gasteiger partial charge < -0.3 is 68.4 Å². The standard InChI is InChI=1S/C40H58N14O9/c1-21(2)32(53-33(56)22(3)49-36(59)31-7-5-13-54(31)38(61)27(41)6-4-12-46-40(42)43)37(60)51-28(14-23-8-10-26(55)11-9-23)34(57)50-29(15-24-17-44-19-47-24)35(58)52-30(39(62)63)16-25-18-45-20-48-25/h8-11,17-22,27-32,55H,4-7,12-16,41H2,1-3H3,(H,44,47)(H,45,48)(H,49,59)(H,50,57)(H,51,60)(H,52,58)(H,53,56)(H,62,63)(H4,42,43,46)/t22-,27-,28-,29-,30-,31-,32-/m0/s1. The van der Waals surface area contributed by atoms with Crippen molar-refractivity contribution in [2.75, 3.05) is 13.1 Å². The molecule has 0 radical (unpaired) electrons. The van der Waals surface area contributed by atoms with E-state index in [1.165, 1.54) is 61.1 Å². The smallest absolute Gasteiger partial charge is 0.326 e. The SMILES string of the molecule is CC(C)[C@H](NC(=O)[C@H](C)NC(=O)[C@@H]1CCCN1C(=O)[C@@H](N)CCCNC(=N)N)C(=O)N[C@@H](Cc1ccc(O)cc1)C(=O)N[C@@H](Cc1c[nH]cn1)C(=O)N[C@@H](Cc1c[nH]cn1)C(=O)O. The maximum Gasteiger partial charge on any atom is 0.326 e. The van der Waals surface area contributed by atoms with Gasteiger partial charge in [0.15, 0.2) is 5.96 Å². The number of aliphatic carboxylic acids is 1. The van der Waals surface area contributed by atoms with Crippen LogP contribution >= 0.6 is 0 Å². The number of H-pyrrole nitrogens is 2. The fraction of sp³-hybridized carbons (Fsp3) is 0.500. The zero-order valence-corrected chi connectivity index (χ0v) is 35.4. The highest BCUT2D eigenvalue weighted by molar-refractivity contribution is 5.97. The molecule has 23 nitrogen and oxygen atoms in total. The van der Waals surface area contributed by atoms with E-state index >= 15 is 0 Å². The number of nitrogens with zero attached hydrogens (tertiary/aromatic N) is 3. The first-order valence-corrected chi connectivity index (χ1v) is 20.5. The summed E-state index contributed by atoms with van der Waals surface area (Å²) in [5.41, 5.74) is 12.7. The van der Waals surface area contributed by atoms with Gasteiger partial charge in [0.25, 0.3) is 0 Å². The molecule has 0 bridgehead atoms. The fourth-order valence-electron chi connectivity index (χ4n) is 6.89. The molecule has 1 fully saturated rings. The number of aromatic amines is 2. The summed E-state index contributed by atoms with van der Waals surface area (Å²) in [5.74, 6) is -6.28. The molecule has 1 saturated heterocycles. The number of amides is 6. The Labute approximate surface area is 363 Å². The molecule has 0 aliphatic carbocycles. The number of phenolic OH excluding ortho intramolecular Hbond substituents is 1. The van der Waals surface area contributed by atoms with Crippen molar-refractivity contribution >= 4 is 47.4 Å². The number of hydrogen-bond donors (Lipinski definition) is 13. The first kappa shape index (κ1) is 48.6. The largest absolute Gasteiger partial charge is 0.508 e. The first-order valence-electron chi connectivity index (χ1n) is 20.5. The van der Waals surface area contributed by atoms with E-state index in [2.05, 4.69) is 51.8 Å². The third-order valence-corrected chi connectivity index (χ3v) is 10.4. The van der Waals surface area contributed by atoms with Gasteiger partial charge in [-0.15, -0.1) is 0 Å². The molecule has 3 heterocycles. The number of nitrogens with one attached hydrogen (secondary N) is 9. The number of nitrogens with two attached hydrogens (primary N) is 2. The summed E-state index contributed by atoms with van der Waals surface area (Å²) < 4.78 is 0. The summed E-state index contributed by atoms with van der Waals surface area (Å²) in [5, 5.41) is 42.7. The lowest BCUT2D eigenvalue weighted by Gasteiger charge is -2.29. The second kappa shape index (κ2) is 23.3. The number of carbonyl (C=O) groups is 7. The lowest BCUT2D eigenvalue weighted by Crippen LogP contribution is -2.60. The van der Waals surface area contributed by atoms with Gasteiger partial charge in [-0.1, -0.05) is 26.0 Å². The van der Waals surface area contributed by atoms with Gasteiger partial charge in [-0.2, -0.15) is 0 Å². The number of carboxylic acid groups (broad SMARTS) is 1. The number of hydrogen-bond acceptors (Lipinski definition) is 12. The molecule has 23 heteroatoms. The molecular formula is C40H58N14O9. The predicted molar refractivity (Wildman–Crippen MR) is 226 cm³/mol. The van der Waals surface area contributed by atoms with E-state index in [0.717, 1.165) is 0 Å². The number of carboxylic acids is 1. The highest BCUT2D eigenvalue weighted by Crippen LogP contribution is 2.20. The molecule has 1 aromatic carbocycles. The summed E-state index contributed by atoms with van der Waals surface area (Å²) in [6, 6.07) is -2.44. The molecular weight excluding hydrogens is 821 g/mol. The first-order chi connectivity index (χ1) is 29.9. The second-order valence-corrected chi connectivity index (χ2v) is 15.7. The van der Waals surface area contributed by atoms with Gasteiger partial charge in [0.2, 0.25) is 35.4 Å². The molecule has 342 valence electrons. The van der Waals surface area contributed by atoms with E-state index in [1.54, 1.807) is 13.8 Å². The van der Waals surface area contributed by atoms with Crippen molar-refractivity contribution < 1.29 is 43.8 Å². The Morgan fingerprint density at radius 2 is 1.40 bits per heavy atom. The summed E-state index contributed by atoms with van der Waals surface area (Å²) in [6.45, 7) is 5.40. The van der Waals surface area contributed by atoms with E-state index in [1.807, 2.05) is 0 Å². The Bertz CT molecular complexity index is 2030. The quantitative estimate of drug-likeness (QED) is 0.0269. The maximum atomic E-state index is 14.1. The summed E-state index contributed by atoms with van der Waals surface area (Å²) >= 11 is 0. The van der Waals surface area contributed by atoms with Crippen LogP contribution in [0.15, 0.2) is 49.3 Å². The van der Waals surface area contributed by atoms with Crippen LogP contribution in [0.4, 0.5) is 0 Å². The van der Waals surface area contributed by atoms with Crippen LogP contribution in [0.5, 0.6) is 5.75 Å². The monoisotopic (exact) mass is 878 g/mol. The molecule has 6 amide bonds. The van der Waals surface area contributed by atoms with E-state index in [9.17, 15) is 43.8 Å². The van der Waals surface area contributed by atoms with Crippen LogP contribution in [0.25, 0.3) is 0 Å². The highest BCUT2D eigenvalue weighted by Gasteiger charge is 2.38. The average Bonchev–Trinajstić information content (AvgIpc) is 4.05. The topological polar surface area (TPSA) is 369 Å². The zero-order chi connectivity index (χ0) is 46.2. The molecule has 0 unspecified atom stereocenters. The number of rotatable bonds is 23. The number of aromatic hydroxyl groups is 1. The van der Waals surface area contributed by atoms with E-state index in [4.69, 9.17) is 16.9 Å². The number of likely N-dealkylation sites (tertiary alicyclic amines) is 1. The molecule has 1 aliphatic heterocycles. The maximum absolute atomic E-state index is 14.1. The van der Waals surface area contributed by atoms with Gasteiger partial charge in [0.1, 0.15) is 42.0 Å². The molecule has 7 atom stereocenters. The number of benzene rings is 1. The van der Waals surface area contributed by atoms with Crippen molar-refractivity contribution in [3.05, 3.63) is 66.3 Å². The van der Waals surface area contributed by atoms with E-state index in [0.29, 0.717) is 55.7 Å². The van der Waals surface area contributed by atoms with E-state index in [-0.39, 0.29) is 31.0 Å². The van der Waals surface area contributed by atoms with Crippen LogP contribution in [0.2, 0.25) is 0 Å². The lowest BCUT2D eigenvalue weighted by atomic mass is 10.00. The number of guanidine groups is 1. The van der Waals surface area contributed by atoms with Crippen molar-refractivity contribution in [2.24, 2.45) is 17.4 Å². The number of imidazole rings is 2. The Morgan fingerprint density at radius 3 is 1.95 bits per heavy atom. The van der Waals surface area contributed by atoms with Crippen molar-refractivity contribution in [2.45, 2.75) is 108 Å². The molecule has 63 heavy (non-hydrogen) atoms. The molecule has 0 saturated carbocycles. The van der Waals surface area contributed by atoms with Crippen molar-refractivity contribution in [3.8, 4) is 5.75 Å². The Hall–Kier alpha value is -7.04. The van der Waals surface area contributed by atoms with Gasteiger partial charge in [-0.05, 0) is 56.2 Å². The fourth-order valence-corrected chi connectivity index (χ4v) is 6.89. The molecule has 0 spiro atoms. The molecule has 3 aromatic rings. The second-order valence-electron chi connectivity index (χ2n) is 15.7. The number of carbonyl (C=O) groups excluding carboxylic acids is 6. The summed E-state index contributed by atoms with van der Waals surface area (Å²) in [7, 11) is 0. The minimum Gasteiger partial charge on any atom is -0.508 e. The molecule has 15 N–H and O–H groups in total. The summed E-state index contributed by atoms with van der Waals surface area (Å²) in [6.07, 6.45) is 6.91. The molecule has 1 aliphatic rings. The van der Waals surface area contributed by atoms with Crippen LogP contribution < -0.4 is 43.4 Å².